The maximum Gasteiger partial charge on any atom is 0.295 e. The highest BCUT2D eigenvalue weighted by molar-refractivity contribution is 6.47. The van der Waals surface area contributed by atoms with Crippen molar-refractivity contribution in [2.75, 3.05) is 13.2 Å². The Morgan fingerprint density at radius 1 is 1.10 bits per heavy atom. The number of aliphatic hydroxyl groups excluding tert-OH is 1. The summed E-state index contributed by atoms with van der Waals surface area (Å²) in [7, 11) is 0. The highest BCUT2D eigenvalue weighted by Crippen LogP contribution is 2.41. The zero-order valence-corrected chi connectivity index (χ0v) is 18.4. The van der Waals surface area contributed by atoms with E-state index in [1.807, 2.05) is 6.92 Å². The third-order valence-corrected chi connectivity index (χ3v) is 5.58. The summed E-state index contributed by atoms with van der Waals surface area (Å²) < 4.78 is 5.49. The number of phenols is 1. The lowest BCUT2D eigenvalue weighted by Gasteiger charge is -2.25. The van der Waals surface area contributed by atoms with Gasteiger partial charge in [0.1, 0.15) is 17.3 Å². The Morgan fingerprint density at radius 3 is 2.45 bits per heavy atom. The van der Waals surface area contributed by atoms with Crippen molar-refractivity contribution in [1.82, 2.24) is 4.90 Å². The van der Waals surface area contributed by atoms with Crippen LogP contribution in [0, 0.1) is 0 Å². The van der Waals surface area contributed by atoms with Gasteiger partial charge in [-0.25, -0.2) is 0 Å². The van der Waals surface area contributed by atoms with Crippen LogP contribution in [-0.4, -0.2) is 40.0 Å². The molecule has 0 aliphatic carbocycles. The molecule has 164 valence electrons. The number of phenolic OH excluding ortho intramolecular Hbond substituents is 1. The fourth-order valence-electron chi connectivity index (χ4n) is 3.73. The van der Waals surface area contributed by atoms with Crippen LogP contribution in [0.4, 0.5) is 0 Å². The van der Waals surface area contributed by atoms with Gasteiger partial charge < -0.3 is 19.8 Å². The van der Waals surface area contributed by atoms with Gasteiger partial charge in [0, 0.05) is 12.1 Å². The van der Waals surface area contributed by atoms with E-state index in [-0.39, 0.29) is 27.7 Å². The standard InChI is InChI=1S/C24H26ClNO5/c1-3-5-6-13-26-21(15-7-9-16(27)10-8-15)20(23(29)24(26)30)22(28)18-14-17(31-4-2)11-12-19(18)25/h7-12,14,21,27-28H,3-6,13H2,1-2H3/b22-20+. The van der Waals surface area contributed by atoms with Crippen LogP contribution in [0.3, 0.4) is 0 Å². The Bertz CT molecular complexity index is 1000. The van der Waals surface area contributed by atoms with Crippen LogP contribution < -0.4 is 4.74 Å². The highest BCUT2D eigenvalue weighted by atomic mass is 35.5. The second kappa shape index (κ2) is 9.88. The van der Waals surface area contributed by atoms with E-state index in [1.54, 1.807) is 30.3 Å². The van der Waals surface area contributed by atoms with Gasteiger partial charge in [0.25, 0.3) is 11.7 Å². The van der Waals surface area contributed by atoms with Crippen LogP contribution in [0.1, 0.15) is 50.3 Å². The van der Waals surface area contributed by atoms with Crippen LogP contribution in [-0.2, 0) is 9.59 Å². The number of aromatic hydroxyl groups is 1. The van der Waals surface area contributed by atoms with Gasteiger partial charge in [-0.1, -0.05) is 43.5 Å². The van der Waals surface area contributed by atoms with Gasteiger partial charge in [0.05, 0.1) is 23.2 Å². The lowest BCUT2D eigenvalue weighted by atomic mass is 9.95. The first-order valence-electron chi connectivity index (χ1n) is 10.4. The predicted octanol–water partition coefficient (Wildman–Crippen LogP) is 5.06. The number of carbonyl (C=O) groups excluding carboxylic acids is 2. The van der Waals surface area contributed by atoms with Crippen molar-refractivity contribution < 1.29 is 24.5 Å². The molecular weight excluding hydrogens is 418 g/mol. The lowest BCUT2D eigenvalue weighted by Crippen LogP contribution is -2.30. The smallest absolute Gasteiger partial charge is 0.295 e. The van der Waals surface area contributed by atoms with Gasteiger partial charge in [0.2, 0.25) is 0 Å². The second-order valence-corrected chi connectivity index (χ2v) is 7.77. The number of ketones is 1. The molecule has 1 aliphatic heterocycles. The normalized spacial score (nSPS) is 17.9. The molecule has 2 aromatic carbocycles. The average Bonchev–Trinajstić information content (AvgIpc) is 3.00. The Labute approximate surface area is 186 Å². The largest absolute Gasteiger partial charge is 0.508 e. The molecule has 1 fully saturated rings. The third-order valence-electron chi connectivity index (χ3n) is 5.26. The summed E-state index contributed by atoms with van der Waals surface area (Å²) in [6.45, 7) is 4.70. The van der Waals surface area contributed by atoms with Gasteiger partial charge in [-0.05, 0) is 49.2 Å². The van der Waals surface area contributed by atoms with Crippen LogP contribution in [0.25, 0.3) is 5.76 Å². The summed E-state index contributed by atoms with van der Waals surface area (Å²) in [5.74, 6) is -1.20. The number of aliphatic hydroxyl groups is 1. The first-order chi connectivity index (χ1) is 14.9. The Hall–Kier alpha value is -2.99. The molecule has 7 heteroatoms. The van der Waals surface area contributed by atoms with Crippen molar-refractivity contribution in [3.8, 4) is 11.5 Å². The fraction of sp³-hybridized carbons (Fsp3) is 0.333. The van der Waals surface area contributed by atoms with Crippen molar-refractivity contribution in [2.24, 2.45) is 0 Å². The fourth-order valence-corrected chi connectivity index (χ4v) is 3.94. The molecule has 1 amide bonds. The van der Waals surface area contributed by atoms with E-state index >= 15 is 0 Å². The van der Waals surface area contributed by atoms with Crippen molar-refractivity contribution in [2.45, 2.75) is 39.2 Å². The molecule has 1 heterocycles. The molecule has 2 N–H and O–H groups in total. The molecule has 0 saturated carbocycles. The topological polar surface area (TPSA) is 87.1 Å². The van der Waals surface area contributed by atoms with E-state index in [9.17, 15) is 19.8 Å². The van der Waals surface area contributed by atoms with Crippen molar-refractivity contribution >= 4 is 29.1 Å². The first-order valence-corrected chi connectivity index (χ1v) is 10.8. The van der Waals surface area contributed by atoms with E-state index in [4.69, 9.17) is 16.3 Å². The molecule has 1 saturated heterocycles. The quantitative estimate of drug-likeness (QED) is 0.258. The van der Waals surface area contributed by atoms with Crippen LogP contribution in [0.5, 0.6) is 11.5 Å². The molecule has 6 nitrogen and oxygen atoms in total. The minimum Gasteiger partial charge on any atom is -0.508 e. The van der Waals surface area contributed by atoms with Gasteiger partial charge in [-0.3, -0.25) is 9.59 Å². The highest BCUT2D eigenvalue weighted by Gasteiger charge is 2.45. The number of carbonyl (C=O) groups is 2. The molecule has 0 spiro atoms. The second-order valence-electron chi connectivity index (χ2n) is 7.37. The number of ether oxygens (including phenoxy) is 1. The molecule has 0 aromatic heterocycles. The Morgan fingerprint density at radius 2 is 1.81 bits per heavy atom. The van der Waals surface area contributed by atoms with Crippen molar-refractivity contribution in [3.63, 3.8) is 0 Å². The summed E-state index contributed by atoms with van der Waals surface area (Å²) >= 11 is 6.31. The molecule has 2 aromatic rings. The van der Waals surface area contributed by atoms with Gasteiger partial charge in [-0.15, -0.1) is 0 Å². The number of nitrogens with zero attached hydrogens (tertiary/aromatic N) is 1. The monoisotopic (exact) mass is 443 g/mol. The van der Waals surface area contributed by atoms with E-state index < -0.39 is 17.7 Å². The number of hydrogen-bond donors (Lipinski definition) is 2. The maximum absolute atomic E-state index is 13.0. The first kappa shape index (κ1) is 22.7. The molecule has 1 aliphatic rings. The summed E-state index contributed by atoms with van der Waals surface area (Å²) in [5, 5.41) is 21.1. The SMILES string of the molecule is CCCCCN1C(=O)C(=O)/C(=C(/O)c2cc(OCC)ccc2Cl)C1c1ccc(O)cc1. The zero-order chi connectivity index (χ0) is 22.5. The number of halogens is 1. The number of Topliss-reactive ketones (excluding diaryl/α,β-unsaturated/α-hetero) is 1. The van der Waals surface area contributed by atoms with Gasteiger partial charge >= 0.3 is 0 Å². The molecule has 0 radical (unpaired) electrons. The van der Waals surface area contributed by atoms with Crippen molar-refractivity contribution in [1.29, 1.82) is 0 Å². The van der Waals surface area contributed by atoms with E-state index in [0.717, 1.165) is 19.3 Å². The number of rotatable bonds is 8. The average molecular weight is 444 g/mol. The Kier molecular flexibility index (Phi) is 7.23. The van der Waals surface area contributed by atoms with E-state index in [2.05, 4.69) is 6.92 Å². The molecule has 1 unspecified atom stereocenters. The van der Waals surface area contributed by atoms with Crippen molar-refractivity contribution in [3.05, 3.63) is 64.2 Å². The number of benzene rings is 2. The predicted molar refractivity (Wildman–Crippen MR) is 119 cm³/mol. The van der Waals surface area contributed by atoms with E-state index in [1.165, 1.54) is 17.0 Å². The zero-order valence-electron chi connectivity index (χ0n) is 17.6. The summed E-state index contributed by atoms with van der Waals surface area (Å²) in [6.07, 6.45) is 2.61. The number of likely N-dealkylation sites (tertiary alicyclic amines) is 1. The number of unbranched alkanes of at least 4 members (excludes halogenated alkanes) is 2. The number of amides is 1. The Balaban J connectivity index is 2.15. The minimum atomic E-state index is -0.774. The maximum atomic E-state index is 13.0. The molecule has 3 rings (SSSR count). The molecule has 31 heavy (non-hydrogen) atoms. The molecular formula is C24H26ClNO5. The minimum absolute atomic E-state index is 0.0252. The van der Waals surface area contributed by atoms with Crippen LogP contribution in [0.15, 0.2) is 48.0 Å². The number of hydrogen-bond acceptors (Lipinski definition) is 5. The summed E-state index contributed by atoms with van der Waals surface area (Å²) in [6, 6.07) is 10.3. The van der Waals surface area contributed by atoms with E-state index in [0.29, 0.717) is 24.5 Å². The summed E-state index contributed by atoms with van der Waals surface area (Å²) in [5.41, 5.74) is 0.817. The van der Waals surface area contributed by atoms with Gasteiger partial charge in [0.15, 0.2) is 0 Å². The van der Waals surface area contributed by atoms with Gasteiger partial charge in [-0.2, -0.15) is 0 Å². The summed E-state index contributed by atoms with van der Waals surface area (Å²) in [4.78, 5) is 27.4. The molecule has 1 atom stereocenters. The molecule has 0 bridgehead atoms. The lowest BCUT2D eigenvalue weighted by molar-refractivity contribution is -0.139. The van der Waals surface area contributed by atoms with Crippen LogP contribution in [0.2, 0.25) is 5.02 Å². The third kappa shape index (κ3) is 4.69. The van der Waals surface area contributed by atoms with Crippen LogP contribution >= 0.6 is 11.6 Å².